The molecule has 1 unspecified atom stereocenters. The smallest absolute Gasteiger partial charge is 0.422 e. The Labute approximate surface area is 98.8 Å². The van der Waals surface area contributed by atoms with Gasteiger partial charge in [0.25, 0.3) is 5.91 Å². The number of carboxylic acid groups (broad SMARTS) is 1. The summed E-state index contributed by atoms with van der Waals surface area (Å²) in [6.45, 7) is 1.73. The lowest BCUT2D eigenvalue weighted by atomic mass is 10.0. The molecular weight excluding hydrogens is 257 g/mol. The summed E-state index contributed by atoms with van der Waals surface area (Å²) in [5.74, 6) is -3.99. The summed E-state index contributed by atoms with van der Waals surface area (Å²) in [6.07, 6.45) is -4.02. The molecule has 100 valence electrons. The highest BCUT2D eigenvalue weighted by Crippen LogP contribution is 2.30. The lowest BCUT2D eigenvalue weighted by Gasteiger charge is -2.28. The Bertz CT molecular complexity index is 482. The van der Waals surface area contributed by atoms with Gasteiger partial charge >= 0.3 is 12.1 Å². The molecule has 0 aliphatic heterocycles. The second-order valence-electron chi connectivity index (χ2n) is 3.72. The van der Waals surface area contributed by atoms with Crippen LogP contribution in [-0.2, 0) is 4.79 Å². The van der Waals surface area contributed by atoms with Crippen molar-refractivity contribution in [3.63, 3.8) is 0 Å². The van der Waals surface area contributed by atoms with Gasteiger partial charge in [-0.25, -0.2) is 4.79 Å². The maximum atomic E-state index is 12.6. The van der Waals surface area contributed by atoms with Gasteiger partial charge in [0.2, 0.25) is 11.3 Å². The molecule has 0 aliphatic rings. The second kappa shape index (κ2) is 4.31. The number of hydrogen-bond acceptors (Lipinski definition) is 4. The number of aliphatic carboxylic acids is 1. The third-order valence-corrected chi connectivity index (χ3v) is 2.31. The fourth-order valence-corrected chi connectivity index (χ4v) is 1.04. The lowest BCUT2D eigenvalue weighted by molar-refractivity contribution is -0.203. The molecule has 18 heavy (non-hydrogen) atoms. The quantitative estimate of drug-likeness (QED) is 0.855. The summed E-state index contributed by atoms with van der Waals surface area (Å²) in [4.78, 5) is 22.2. The monoisotopic (exact) mass is 266 g/mol. The predicted octanol–water partition coefficient (Wildman–Crippen LogP) is 1.12. The highest BCUT2D eigenvalue weighted by Gasteiger charge is 2.58. The number of rotatable bonds is 3. The molecule has 1 amide bonds. The summed E-state index contributed by atoms with van der Waals surface area (Å²) in [6, 6.07) is 0. The molecule has 2 N–H and O–H groups in total. The molecular formula is C9H9F3N2O4. The number of carbonyl (C=O) groups is 2. The van der Waals surface area contributed by atoms with Crippen LogP contribution in [0.3, 0.4) is 0 Å². The Morgan fingerprint density at radius 2 is 2.00 bits per heavy atom. The van der Waals surface area contributed by atoms with Crippen LogP contribution in [0.1, 0.15) is 23.0 Å². The van der Waals surface area contributed by atoms with Gasteiger partial charge in [-0.2, -0.15) is 13.2 Å². The summed E-state index contributed by atoms with van der Waals surface area (Å²) in [7, 11) is 0. The van der Waals surface area contributed by atoms with E-state index in [-0.39, 0.29) is 5.56 Å². The van der Waals surface area contributed by atoms with Gasteiger partial charge in [-0.15, -0.1) is 0 Å². The molecule has 0 aromatic carbocycles. The summed E-state index contributed by atoms with van der Waals surface area (Å²) in [5, 5.41) is 13.2. The number of aryl methyl sites for hydroxylation is 1. The van der Waals surface area contributed by atoms with E-state index in [4.69, 9.17) is 5.11 Å². The Morgan fingerprint density at radius 1 is 1.44 bits per heavy atom. The minimum Gasteiger partial charge on any atom is -0.479 e. The molecule has 1 aromatic heterocycles. The van der Waals surface area contributed by atoms with Crippen molar-refractivity contribution in [3.05, 3.63) is 17.5 Å². The van der Waals surface area contributed by atoms with Crippen molar-refractivity contribution in [2.24, 2.45) is 0 Å². The average Bonchev–Trinajstić information content (AvgIpc) is 2.62. The van der Waals surface area contributed by atoms with Gasteiger partial charge < -0.3 is 14.9 Å². The summed E-state index contributed by atoms with van der Waals surface area (Å²) < 4.78 is 42.3. The lowest BCUT2D eigenvalue weighted by Crippen LogP contribution is -2.61. The first kappa shape index (κ1) is 14.0. The van der Waals surface area contributed by atoms with Crippen LogP contribution in [-0.4, -0.2) is 33.9 Å². The third kappa shape index (κ3) is 2.29. The van der Waals surface area contributed by atoms with Gasteiger partial charge in [-0.05, 0) is 13.8 Å². The van der Waals surface area contributed by atoms with Gasteiger partial charge in [0.1, 0.15) is 0 Å². The van der Waals surface area contributed by atoms with Crippen LogP contribution in [0.4, 0.5) is 13.2 Å². The topological polar surface area (TPSA) is 92.4 Å². The van der Waals surface area contributed by atoms with Gasteiger partial charge in [0.05, 0.1) is 6.20 Å². The normalized spacial score (nSPS) is 14.9. The number of carbonyl (C=O) groups excluding carboxylic acids is 1. The van der Waals surface area contributed by atoms with E-state index in [1.54, 1.807) is 0 Å². The number of carboxylic acids is 1. The largest absolute Gasteiger partial charge is 0.479 e. The van der Waals surface area contributed by atoms with E-state index in [0.717, 1.165) is 6.20 Å². The Balaban J connectivity index is 3.04. The number of nitrogens with one attached hydrogen (secondary N) is 1. The van der Waals surface area contributed by atoms with E-state index in [2.05, 4.69) is 9.68 Å². The van der Waals surface area contributed by atoms with Crippen molar-refractivity contribution in [1.82, 2.24) is 10.5 Å². The Kier molecular flexibility index (Phi) is 3.36. The Morgan fingerprint density at radius 3 is 2.33 bits per heavy atom. The first-order valence-corrected chi connectivity index (χ1v) is 4.63. The van der Waals surface area contributed by atoms with E-state index in [1.165, 1.54) is 12.2 Å². The highest BCUT2D eigenvalue weighted by molar-refractivity contribution is 5.96. The van der Waals surface area contributed by atoms with Gasteiger partial charge in [-0.1, -0.05) is 5.16 Å². The minimum absolute atomic E-state index is 0.197. The van der Waals surface area contributed by atoms with E-state index < -0.39 is 29.4 Å². The molecule has 0 aliphatic carbocycles. The number of alkyl halides is 3. The zero-order chi connectivity index (χ0) is 14.1. The van der Waals surface area contributed by atoms with Crippen LogP contribution in [0.25, 0.3) is 0 Å². The molecule has 0 fully saturated rings. The SMILES string of the molecule is Cc1cnoc1C(=O)NC(C)(C(=O)O)C(F)(F)F. The molecule has 0 saturated carbocycles. The maximum absolute atomic E-state index is 12.6. The first-order chi connectivity index (χ1) is 8.09. The van der Waals surface area contributed by atoms with Crippen LogP contribution in [0, 0.1) is 6.92 Å². The molecule has 0 bridgehead atoms. The number of amides is 1. The molecule has 1 atom stereocenters. The van der Waals surface area contributed by atoms with E-state index in [1.807, 2.05) is 0 Å². The second-order valence-corrected chi connectivity index (χ2v) is 3.72. The van der Waals surface area contributed by atoms with E-state index in [0.29, 0.717) is 6.92 Å². The molecule has 1 rings (SSSR count). The first-order valence-electron chi connectivity index (χ1n) is 4.63. The molecule has 1 heterocycles. The van der Waals surface area contributed by atoms with Crippen molar-refractivity contribution >= 4 is 11.9 Å². The predicted molar refractivity (Wildman–Crippen MR) is 50.8 cm³/mol. The van der Waals surface area contributed by atoms with E-state index in [9.17, 15) is 22.8 Å². The standard InChI is InChI=1S/C9H9F3N2O4/c1-4-3-13-18-5(4)6(15)14-8(2,7(16)17)9(10,11)12/h3H,1-2H3,(H,14,15)(H,16,17). The summed E-state index contributed by atoms with van der Waals surface area (Å²) >= 11 is 0. The molecule has 0 saturated heterocycles. The fourth-order valence-electron chi connectivity index (χ4n) is 1.04. The molecule has 9 heteroatoms. The molecule has 6 nitrogen and oxygen atoms in total. The number of aromatic nitrogens is 1. The zero-order valence-corrected chi connectivity index (χ0v) is 9.33. The number of nitrogens with zero attached hydrogens (tertiary/aromatic N) is 1. The van der Waals surface area contributed by atoms with Crippen LogP contribution in [0.2, 0.25) is 0 Å². The van der Waals surface area contributed by atoms with Crippen LogP contribution >= 0.6 is 0 Å². The minimum atomic E-state index is -5.15. The number of halogens is 3. The van der Waals surface area contributed by atoms with Crippen molar-refractivity contribution in [2.75, 3.05) is 0 Å². The van der Waals surface area contributed by atoms with Crippen molar-refractivity contribution < 1.29 is 32.4 Å². The van der Waals surface area contributed by atoms with Gasteiger partial charge in [0, 0.05) is 5.56 Å². The van der Waals surface area contributed by atoms with E-state index >= 15 is 0 Å². The molecule has 0 radical (unpaired) electrons. The van der Waals surface area contributed by atoms with Crippen molar-refractivity contribution in [2.45, 2.75) is 25.6 Å². The molecule has 0 spiro atoms. The fraction of sp³-hybridized carbons (Fsp3) is 0.444. The third-order valence-electron chi connectivity index (χ3n) is 2.31. The van der Waals surface area contributed by atoms with Crippen LogP contribution < -0.4 is 5.32 Å². The van der Waals surface area contributed by atoms with Crippen molar-refractivity contribution in [3.8, 4) is 0 Å². The van der Waals surface area contributed by atoms with Crippen molar-refractivity contribution in [1.29, 1.82) is 0 Å². The maximum Gasteiger partial charge on any atom is 0.422 e. The van der Waals surface area contributed by atoms with Gasteiger partial charge in [0.15, 0.2) is 0 Å². The number of hydrogen-bond donors (Lipinski definition) is 2. The van der Waals surface area contributed by atoms with Crippen LogP contribution in [0.15, 0.2) is 10.7 Å². The Hall–Kier alpha value is -2.06. The molecule has 1 aromatic rings. The zero-order valence-electron chi connectivity index (χ0n) is 9.33. The average molecular weight is 266 g/mol. The van der Waals surface area contributed by atoms with Crippen LogP contribution in [0.5, 0.6) is 0 Å². The van der Waals surface area contributed by atoms with Gasteiger partial charge in [-0.3, -0.25) is 4.79 Å². The summed E-state index contributed by atoms with van der Waals surface area (Å²) in [5.41, 5.74) is -3.20. The highest BCUT2D eigenvalue weighted by atomic mass is 19.4.